The lowest BCUT2D eigenvalue weighted by Gasteiger charge is -2.10. The number of amides is 1. The van der Waals surface area contributed by atoms with E-state index in [1.165, 1.54) is 6.07 Å². The highest BCUT2D eigenvalue weighted by Gasteiger charge is 2.12. The molecule has 0 saturated heterocycles. The Balaban J connectivity index is 2.28. The highest BCUT2D eigenvalue weighted by Crippen LogP contribution is 2.18. The molecule has 0 bridgehead atoms. The third kappa shape index (κ3) is 2.78. The van der Waals surface area contributed by atoms with Gasteiger partial charge in [-0.05, 0) is 43.2 Å². The maximum absolute atomic E-state index is 13.5. The number of carbonyl (C=O) groups excluding carboxylic acids is 1. The summed E-state index contributed by atoms with van der Waals surface area (Å²) in [5.74, 6) is -1.88. The van der Waals surface area contributed by atoms with Gasteiger partial charge in [-0.2, -0.15) is 0 Å². The molecule has 2 aromatic rings. The smallest absolute Gasteiger partial charge is 0.256 e. The largest absolute Gasteiger partial charge is 0.319 e. The molecular weight excluding hydrogens is 248 g/mol. The fourth-order valence-corrected chi connectivity index (χ4v) is 1.78. The zero-order chi connectivity index (χ0) is 14.0. The van der Waals surface area contributed by atoms with E-state index in [4.69, 9.17) is 0 Å². The van der Waals surface area contributed by atoms with Crippen LogP contribution in [0.5, 0.6) is 0 Å². The van der Waals surface area contributed by atoms with E-state index < -0.39 is 17.5 Å². The fourth-order valence-electron chi connectivity index (χ4n) is 1.78. The molecule has 98 valence electrons. The number of anilines is 1. The second kappa shape index (κ2) is 5.18. The third-order valence-electron chi connectivity index (χ3n) is 3.03. The summed E-state index contributed by atoms with van der Waals surface area (Å²) in [4.78, 5) is 12.1. The van der Waals surface area contributed by atoms with Crippen molar-refractivity contribution in [2.75, 3.05) is 5.32 Å². The van der Waals surface area contributed by atoms with Gasteiger partial charge in [0.1, 0.15) is 11.6 Å². The Labute approximate surface area is 110 Å². The molecule has 1 amide bonds. The average Bonchev–Trinajstić information content (AvgIpc) is 2.36. The minimum Gasteiger partial charge on any atom is -0.319 e. The topological polar surface area (TPSA) is 29.1 Å². The summed E-state index contributed by atoms with van der Waals surface area (Å²) in [5.41, 5.74) is 2.26. The lowest BCUT2D eigenvalue weighted by molar-refractivity contribution is 0.102. The van der Waals surface area contributed by atoms with Gasteiger partial charge in [0.2, 0.25) is 0 Å². The van der Waals surface area contributed by atoms with Gasteiger partial charge in [0.15, 0.2) is 0 Å². The first-order valence-corrected chi connectivity index (χ1v) is 5.81. The normalized spacial score (nSPS) is 10.3. The van der Waals surface area contributed by atoms with Crippen molar-refractivity contribution in [2.24, 2.45) is 0 Å². The van der Waals surface area contributed by atoms with Gasteiger partial charge in [0, 0.05) is 11.6 Å². The van der Waals surface area contributed by atoms with Gasteiger partial charge in [-0.3, -0.25) is 4.79 Å². The summed E-state index contributed by atoms with van der Waals surface area (Å²) in [6.45, 7) is 3.72. The minimum absolute atomic E-state index is 0.0349. The van der Waals surface area contributed by atoms with Crippen molar-refractivity contribution in [2.45, 2.75) is 13.8 Å². The molecule has 0 aromatic heterocycles. The van der Waals surface area contributed by atoms with Crippen LogP contribution in [-0.4, -0.2) is 5.91 Å². The van der Waals surface area contributed by atoms with E-state index in [-0.39, 0.29) is 5.69 Å². The molecular formula is C15H13F2NO. The summed E-state index contributed by atoms with van der Waals surface area (Å²) >= 11 is 0. The first-order chi connectivity index (χ1) is 8.99. The summed E-state index contributed by atoms with van der Waals surface area (Å²) in [5, 5.41) is 2.44. The molecule has 0 fully saturated rings. The number of hydrogen-bond acceptors (Lipinski definition) is 1. The van der Waals surface area contributed by atoms with Crippen molar-refractivity contribution >= 4 is 11.6 Å². The molecule has 0 radical (unpaired) electrons. The van der Waals surface area contributed by atoms with E-state index in [0.717, 1.165) is 23.3 Å². The molecule has 0 aliphatic carbocycles. The van der Waals surface area contributed by atoms with Crippen LogP contribution in [0.4, 0.5) is 14.5 Å². The Morgan fingerprint density at radius 2 is 1.84 bits per heavy atom. The standard InChI is InChI=1S/C15H13F2NO/c1-9-4-3-5-12(10(9)2)15(19)18-14-7-6-11(16)8-13(14)17/h3-8H,1-2H3,(H,18,19). The molecule has 0 unspecified atom stereocenters. The molecule has 0 aliphatic heterocycles. The van der Waals surface area contributed by atoms with Gasteiger partial charge in [-0.1, -0.05) is 12.1 Å². The van der Waals surface area contributed by atoms with Crippen molar-refractivity contribution in [1.82, 2.24) is 0 Å². The fraction of sp³-hybridized carbons (Fsp3) is 0.133. The Morgan fingerprint density at radius 1 is 1.11 bits per heavy atom. The first kappa shape index (κ1) is 13.2. The predicted molar refractivity (Wildman–Crippen MR) is 70.2 cm³/mol. The first-order valence-electron chi connectivity index (χ1n) is 5.81. The number of nitrogens with one attached hydrogen (secondary N) is 1. The van der Waals surface area contributed by atoms with Crippen LogP contribution in [-0.2, 0) is 0 Å². The van der Waals surface area contributed by atoms with Gasteiger partial charge in [0.25, 0.3) is 5.91 Å². The molecule has 2 rings (SSSR count). The van der Waals surface area contributed by atoms with E-state index in [1.807, 2.05) is 19.9 Å². The number of hydrogen-bond donors (Lipinski definition) is 1. The van der Waals surface area contributed by atoms with Crippen molar-refractivity contribution in [1.29, 1.82) is 0 Å². The van der Waals surface area contributed by atoms with Gasteiger partial charge < -0.3 is 5.32 Å². The zero-order valence-electron chi connectivity index (χ0n) is 10.6. The summed E-state index contributed by atoms with van der Waals surface area (Å²) in [7, 11) is 0. The van der Waals surface area contributed by atoms with Crippen molar-refractivity contribution < 1.29 is 13.6 Å². The Morgan fingerprint density at radius 3 is 2.53 bits per heavy atom. The second-order valence-electron chi connectivity index (χ2n) is 4.33. The van der Waals surface area contributed by atoms with Crippen LogP contribution < -0.4 is 5.32 Å². The summed E-state index contributed by atoms with van der Waals surface area (Å²) in [6, 6.07) is 8.36. The predicted octanol–water partition coefficient (Wildman–Crippen LogP) is 3.83. The maximum Gasteiger partial charge on any atom is 0.256 e. The molecule has 0 heterocycles. The summed E-state index contributed by atoms with van der Waals surface area (Å²) < 4.78 is 26.2. The third-order valence-corrected chi connectivity index (χ3v) is 3.03. The van der Waals surface area contributed by atoms with Gasteiger partial charge >= 0.3 is 0 Å². The Bertz CT molecular complexity index is 638. The van der Waals surface area contributed by atoms with Crippen LogP contribution in [0.1, 0.15) is 21.5 Å². The Hall–Kier alpha value is -2.23. The van der Waals surface area contributed by atoms with E-state index in [9.17, 15) is 13.6 Å². The number of aryl methyl sites for hydroxylation is 1. The summed E-state index contributed by atoms with van der Waals surface area (Å²) in [6.07, 6.45) is 0. The number of halogens is 2. The molecule has 4 heteroatoms. The number of rotatable bonds is 2. The van der Waals surface area contributed by atoms with Crippen LogP contribution in [0.3, 0.4) is 0 Å². The molecule has 2 nitrogen and oxygen atoms in total. The molecule has 0 saturated carbocycles. The van der Waals surface area contributed by atoms with E-state index in [1.54, 1.807) is 12.1 Å². The molecule has 19 heavy (non-hydrogen) atoms. The monoisotopic (exact) mass is 261 g/mol. The van der Waals surface area contributed by atoms with Crippen LogP contribution in [0.15, 0.2) is 36.4 Å². The van der Waals surface area contributed by atoms with E-state index in [0.29, 0.717) is 5.56 Å². The van der Waals surface area contributed by atoms with Crippen LogP contribution in [0.25, 0.3) is 0 Å². The highest BCUT2D eigenvalue weighted by atomic mass is 19.1. The van der Waals surface area contributed by atoms with Crippen LogP contribution in [0.2, 0.25) is 0 Å². The van der Waals surface area contributed by atoms with Crippen molar-refractivity contribution in [3.8, 4) is 0 Å². The van der Waals surface area contributed by atoms with Gasteiger partial charge in [0.05, 0.1) is 5.69 Å². The zero-order valence-corrected chi connectivity index (χ0v) is 10.6. The molecule has 0 aliphatic rings. The molecule has 2 aromatic carbocycles. The lowest BCUT2D eigenvalue weighted by atomic mass is 10.0. The molecule has 0 atom stereocenters. The SMILES string of the molecule is Cc1cccc(C(=O)Nc2ccc(F)cc2F)c1C. The lowest BCUT2D eigenvalue weighted by Crippen LogP contribution is -2.14. The second-order valence-corrected chi connectivity index (χ2v) is 4.33. The quantitative estimate of drug-likeness (QED) is 0.874. The minimum atomic E-state index is -0.793. The molecule has 1 N–H and O–H groups in total. The maximum atomic E-state index is 13.5. The Kier molecular flexibility index (Phi) is 3.60. The average molecular weight is 261 g/mol. The van der Waals surface area contributed by atoms with Crippen molar-refractivity contribution in [3.63, 3.8) is 0 Å². The number of carbonyl (C=O) groups is 1. The van der Waals surface area contributed by atoms with Crippen molar-refractivity contribution in [3.05, 3.63) is 64.7 Å². The highest BCUT2D eigenvalue weighted by molar-refractivity contribution is 6.05. The van der Waals surface area contributed by atoms with Gasteiger partial charge in [-0.25, -0.2) is 8.78 Å². The van der Waals surface area contributed by atoms with E-state index in [2.05, 4.69) is 5.32 Å². The number of benzene rings is 2. The van der Waals surface area contributed by atoms with Crippen LogP contribution in [0, 0.1) is 25.5 Å². The van der Waals surface area contributed by atoms with Gasteiger partial charge in [-0.15, -0.1) is 0 Å². The molecule has 0 spiro atoms. The van der Waals surface area contributed by atoms with Crippen LogP contribution >= 0.6 is 0 Å². The van der Waals surface area contributed by atoms with E-state index >= 15 is 0 Å².